The van der Waals surface area contributed by atoms with Crippen molar-refractivity contribution >= 4 is 17.5 Å². The molecule has 2 amide bonds. The van der Waals surface area contributed by atoms with Crippen LogP contribution >= 0.6 is 0 Å². The number of amides is 2. The number of carbonyl (C=O) groups excluding carboxylic acids is 2. The lowest BCUT2D eigenvalue weighted by Crippen LogP contribution is -2.44. The van der Waals surface area contributed by atoms with Crippen LogP contribution in [0, 0.1) is 0 Å². The number of rotatable bonds is 12. The van der Waals surface area contributed by atoms with E-state index in [1.165, 1.54) is 0 Å². The Morgan fingerprint density at radius 1 is 1.12 bits per heavy atom. The Labute approximate surface area is 150 Å². The van der Waals surface area contributed by atoms with Gasteiger partial charge < -0.3 is 21.5 Å². The predicted molar refractivity (Wildman–Crippen MR) is 100 cm³/mol. The highest BCUT2D eigenvalue weighted by atomic mass is 16.5. The second-order valence-electron chi connectivity index (χ2n) is 6.24. The van der Waals surface area contributed by atoms with Crippen LogP contribution in [0.2, 0.25) is 0 Å². The smallest absolute Gasteiger partial charge is 0.255 e. The summed E-state index contributed by atoms with van der Waals surface area (Å²) in [6.07, 6.45) is 6.59. The van der Waals surface area contributed by atoms with E-state index in [0.717, 1.165) is 38.5 Å². The fraction of sp³-hybridized carbons (Fsp3) is 0.579. The highest BCUT2D eigenvalue weighted by molar-refractivity contribution is 6.00. The monoisotopic (exact) mass is 349 g/mol. The second-order valence-corrected chi connectivity index (χ2v) is 6.24. The van der Waals surface area contributed by atoms with Crippen LogP contribution in [0.1, 0.15) is 69.2 Å². The molecule has 0 aliphatic rings. The van der Waals surface area contributed by atoms with Gasteiger partial charge in [-0.05, 0) is 31.0 Å². The molecule has 0 unspecified atom stereocenters. The number of carbonyl (C=O) groups is 2. The number of benzene rings is 1. The molecule has 0 saturated heterocycles. The maximum absolute atomic E-state index is 12.6. The van der Waals surface area contributed by atoms with Crippen LogP contribution in [0.3, 0.4) is 0 Å². The summed E-state index contributed by atoms with van der Waals surface area (Å²) < 4.78 is 5.75. The molecule has 5 N–H and O–H groups in total. The van der Waals surface area contributed by atoms with Crippen molar-refractivity contribution < 1.29 is 14.3 Å². The van der Waals surface area contributed by atoms with Crippen LogP contribution in [0.25, 0.3) is 0 Å². The first kappa shape index (κ1) is 20.8. The number of anilines is 1. The largest absolute Gasteiger partial charge is 0.493 e. The van der Waals surface area contributed by atoms with Crippen LogP contribution in [0.15, 0.2) is 18.2 Å². The Bertz CT molecular complexity index is 561. The predicted octanol–water partition coefficient (Wildman–Crippen LogP) is 3.00. The van der Waals surface area contributed by atoms with Gasteiger partial charge in [-0.2, -0.15) is 0 Å². The molecule has 0 radical (unpaired) electrons. The number of hydrogen-bond acceptors (Lipinski definition) is 4. The molecule has 0 aromatic heterocycles. The van der Waals surface area contributed by atoms with E-state index in [1.54, 1.807) is 18.2 Å². The zero-order valence-corrected chi connectivity index (χ0v) is 15.3. The van der Waals surface area contributed by atoms with Crippen molar-refractivity contribution in [2.45, 2.75) is 64.8 Å². The van der Waals surface area contributed by atoms with Crippen LogP contribution in [-0.2, 0) is 4.79 Å². The minimum absolute atomic E-state index is 0.332. The molecule has 1 aromatic rings. The standard InChI is InChI=1S/C19H31N3O3/c1-3-5-7-8-12-25-17-11-10-14(20)13-15(17)19(24)22-16(18(21)23)9-6-4-2/h10-11,13,16H,3-9,12,20H2,1-2H3,(H2,21,23)(H,22,24)/t16-/m0/s1. The van der Waals surface area contributed by atoms with Gasteiger partial charge in [-0.3, -0.25) is 9.59 Å². The molecule has 1 aromatic carbocycles. The molecule has 25 heavy (non-hydrogen) atoms. The molecule has 1 atom stereocenters. The van der Waals surface area contributed by atoms with Crippen molar-refractivity contribution in [2.75, 3.05) is 12.3 Å². The first-order chi connectivity index (χ1) is 12.0. The molecule has 140 valence electrons. The second kappa shape index (κ2) is 11.3. The number of primary amides is 1. The Morgan fingerprint density at radius 2 is 1.84 bits per heavy atom. The van der Waals surface area contributed by atoms with Gasteiger partial charge in [0.25, 0.3) is 5.91 Å². The van der Waals surface area contributed by atoms with Crippen molar-refractivity contribution in [3.8, 4) is 5.75 Å². The third-order valence-corrected chi connectivity index (χ3v) is 4.00. The number of unbranched alkanes of at least 4 members (excludes halogenated alkanes) is 4. The summed E-state index contributed by atoms with van der Waals surface area (Å²) in [6.45, 7) is 4.71. The maximum atomic E-state index is 12.6. The van der Waals surface area contributed by atoms with E-state index in [2.05, 4.69) is 12.2 Å². The van der Waals surface area contributed by atoms with Gasteiger partial charge in [0.15, 0.2) is 0 Å². The van der Waals surface area contributed by atoms with E-state index < -0.39 is 17.9 Å². The Hall–Kier alpha value is -2.24. The van der Waals surface area contributed by atoms with Crippen LogP contribution in [0.5, 0.6) is 5.75 Å². The molecule has 6 nitrogen and oxygen atoms in total. The van der Waals surface area contributed by atoms with Gasteiger partial charge in [-0.25, -0.2) is 0 Å². The molecule has 6 heteroatoms. The highest BCUT2D eigenvalue weighted by Gasteiger charge is 2.21. The zero-order valence-electron chi connectivity index (χ0n) is 15.3. The summed E-state index contributed by atoms with van der Waals surface area (Å²) in [5.74, 6) is -0.453. The molecular formula is C19H31N3O3. The van der Waals surface area contributed by atoms with Gasteiger partial charge in [0.05, 0.1) is 12.2 Å². The average Bonchev–Trinajstić information content (AvgIpc) is 2.59. The van der Waals surface area contributed by atoms with E-state index >= 15 is 0 Å². The van der Waals surface area contributed by atoms with Crippen LogP contribution in [-0.4, -0.2) is 24.5 Å². The molecular weight excluding hydrogens is 318 g/mol. The van der Waals surface area contributed by atoms with Crippen molar-refractivity contribution in [1.82, 2.24) is 5.32 Å². The minimum Gasteiger partial charge on any atom is -0.493 e. The van der Waals surface area contributed by atoms with Crippen molar-refractivity contribution in [2.24, 2.45) is 5.73 Å². The van der Waals surface area contributed by atoms with E-state index in [9.17, 15) is 9.59 Å². The molecule has 0 aliphatic heterocycles. The van der Waals surface area contributed by atoms with Gasteiger partial charge >= 0.3 is 0 Å². The number of ether oxygens (including phenoxy) is 1. The van der Waals surface area contributed by atoms with Crippen LogP contribution in [0.4, 0.5) is 5.69 Å². The first-order valence-corrected chi connectivity index (χ1v) is 9.12. The highest BCUT2D eigenvalue weighted by Crippen LogP contribution is 2.22. The number of nitrogens with two attached hydrogens (primary N) is 2. The zero-order chi connectivity index (χ0) is 18.7. The van der Waals surface area contributed by atoms with E-state index in [4.69, 9.17) is 16.2 Å². The summed E-state index contributed by atoms with van der Waals surface area (Å²) in [4.78, 5) is 24.1. The van der Waals surface area contributed by atoms with E-state index in [0.29, 0.717) is 30.0 Å². The number of hydrogen-bond donors (Lipinski definition) is 3. The fourth-order valence-electron chi connectivity index (χ4n) is 2.49. The van der Waals surface area contributed by atoms with Gasteiger partial charge in [0, 0.05) is 5.69 Å². The minimum atomic E-state index is -0.689. The average molecular weight is 349 g/mol. The third-order valence-electron chi connectivity index (χ3n) is 4.00. The molecule has 0 fully saturated rings. The molecule has 0 heterocycles. The lowest BCUT2D eigenvalue weighted by atomic mass is 10.1. The molecule has 1 rings (SSSR count). The van der Waals surface area contributed by atoms with Gasteiger partial charge in [0.2, 0.25) is 5.91 Å². The lowest BCUT2D eigenvalue weighted by Gasteiger charge is -2.17. The topological polar surface area (TPSA) is 107 Å². The number of nitrogens with one attached hydrogen (secondary N) is 1. The molecule has 0 bridgehead atoms. The Kier molecular flexibility index (Phi) is 9.43. The number of nitrogen functional groups attached to an aromatic ring is 1. The summed E-state index contributed by atoms with van der Waals surface area (Å²) in [6, 6.07) is 4.26. The normalized spacial score (nSPS) is 11.8. The summed E-state index contributed by atoms with van der Waals surface area (Å²) in [7, 11) is 0. The van der Waals surface area contributed by atoms with Gasteiger partial charge in [0.1, 0.15) is 11.8 Å². The quantitative estimate of drug-likeness (QED) is 0.398. The molecule has 0 aliphatic carbocycles. The van der Waals surface area contributed by atoms with E-state index in [-0.39, 0.29) is 0 Å². The van der Waals surface area contributed by atoms with Gasteiger partial charge in [-0.15, -0.1) is 0 Å². The molecule has 0 saturated carbocycles. The van der Waals surface area contributed by atoms with Crippen LogP contribution < -0.4 is 21.5 Å². The SMILES string of the molecule is CCCCCCOc1ccc(N)cc1C(=O)N[C@@H](CCCC)C(N)=O. The third kappa shape index (κ3) is 7.45. The summed E-state index contributed by atoms with van der Waals surface area (Å²) in [5, 5.41) is 2.70. The van der Waals surface area contributed by atoms with Crippen molar-refractivity contribution in [3.05, 3.63) is 23.8 Å². The van der Waals surface area contributed by atoms with E-state index in [1.807, 2.05) is 6.92 Å². The summed E-state index contributed by atoms with van der Waals surface area (Å²) >= 11 is 0. The fourth-order valence-corrected chi connectivity index (χ4v) is 2.49. The Morgan fingerprint density at radius 3 is 2.48 bits per heavy atom. The Balaban J connectivity index is 2.77. The maximum Gasteiger partial charge on any atom is 0.255 e. The first-order valence-electron chi connectivity index (χ1n) is 9.12. The lowest BCUT2D eigenvalue weighted by molar-refractivity contribution is -0.120. The molecule has 0 spiro atoms. The van der Waals surface area contributed by atoms with Gasteiger partial charge in [-0.1, -0.05) is 46.0 Å². The summed E-state index contributed by atoms with van der Waals surface area (Å²) in [5.41, 5.74) is 12.0. The van der Waals surface area contributed by atoms with Crippen molar-refractivity contribution in [1.29, 1.82) is 0 Å². The van der Waals surface area contributed by atoms with Crippen molar-refractivity contribution in [3.63, 3.8) is 0 Å².